The summed E-state index contributed by atoms with van der Waals surface area (Å²) in [4.78, 5) is 21.9. The fourth-order valence-electron chi connectivity index (χ4n) is 2.94. The zero-order valence-corrected chi connectivity index (χ0v) is 17.3. The van der Waals surface area contributed by atoms with Crippen LogP contribution in [0.2, 0.25) is 5.15 Å². The third-order valence-corrected chi connectivity index (χ3v) is 5.53. The summed E-state index contributed by atoms with van der Waals surface area (Å²) in [6.07, 6.45) is 3.64. The maximum absolute atomic E-state index is 12.5. The molecule has 3 heterocycles. The van der Waals surface area contributed by atoms with Gasteiger partial charge in [0.25, 0.3) is 0 Å². The zero-order valence-electron chi connectivity index (χ0n) is 15.7. The van der Waals surface area contributed by atoms with E-state index in [2.05, 4.69) is 15.3 Å². The number of thiazole rings is 1. The van der Waals surface area contributed by atoms with Gasteiger partial charge in [-0.05, 0) is 30.3 Å². The molecule has 29 heavy (non-hydrogen) atoms. The third kappa shape index (κ3) is 3.90. The molecule has 4 aromatic rings. The van der Waals surface area contributed by atoms with Crippen molar-refractivity contribution < 1.29 is 14.3 Å². The van der Waals surface area contributed by atoms with E-state index in [4.69, 9.17) is 21.1 Å². The summed E-state index contributed by atoms with van der Waals surface area (Å²) >= 11 is 7.47. The van der Waals surface area contributed by atoms with Crippen LogP contribution in [-0.2, 0) is 11.2 Å². The molecule has 1 aromatic carbocycles. The Labute approximate surface area is 175 Å². The average molecular weight is 429 g/mol. The molecule has 1 N–H and O–H groups in total. The van der Waals surface area contributed by atoms with E-state index in [1.807, 2.05) is 34.2 Å². The minimum absolute atomic E-state index is 0.177. The van der Waals surface area contributed by atoms with Crippen LogP contribution in [0, 0.1) is 0 Å². The lowest BCUT2D eigenvalue weighted by atomic mass is 10.1. The summed E-state index contributed by atoms with van der Waals surface area (Å²) in [6.45, 7) is 0. The Morgan fingerprint density at radius 1 is 1.28 bits per heavy atom. The van der Waals surface area contributed by atoms with Gasteiger partial charge in [0.1, 0.15) is 11.5 Å². The number of benzene rings is 1. The molecule has 9 heteroatoms. The van der Waals surface area contributed by atoms with Crippen LogP contribution in [0.3, 0.4) is 0 Å². The lowest BCUT2D eigenvalue weighted by Crippen LogP contribution is -2.15. The second kappa shape index (κ2) is 8.10. The minimum atomic E-state index is -0.186. The minimum Gasteiger partial charge on any atom is -0.497 e. The Hall–Kier alpha value is -3.10. The van der Waals surface area contributed by atoms with Crippen molar-refractivity contribution in [3.8, 4) is 22.8 Å². The number of anilines is 1. The number of imidazole rings is 1. The molecule has 0 spiro atoms. The largest absolute Gasteiger partial charge is 0.497 e. The average Bonchev–Trinajstić information content (AvgIpc) is 3.31. The first-order chi connectivity index (χ1) is 14.1. The van der Waals surface area contributed by atoms with Crippen LogP contribution in [0.15, 0.2) is 48.1 Å². The van der Waals surface area contributed by atoms with Gasteiger partial charge < -0.3 is 14.8 Å². The second-order valence-corrected chi connectivity index (χ2v) is 7.33. The van der Waals surface area contributed by atoms with E-state index in [0.717, 1.165) is 21.9 Å². The molecule has 0 aliphatic heterocycles. The molecular weight excluding hydrogens is 412 g/mol. The number of nitrogens with one attached hydrogen (secondary N) is 1. The lowest BCUT2D eigenvalue weighted by molar-refractivity contribution is -0.115. The molecule has 0 unspecified atom stereocenters. The van der Waals surface area contributed by atoms with E-state index < -0.39 is 0 Å². The number of pyridine rings is 1. The Morgan fingerprint density at radius 3 is 2.90 bits per heavy atom. The number of rotatable bonds is 6. The maximum atomic E-state index is 12.5. The van der Waals surface area contributed by atoms with Gasteiger partial charge in [0.05, 0.1) is 32.0 Å². The van der Waals surface area contributed by atoms with Crippen molar-refractivity contribution in [1.29, 1.82) is 0 Å². The summed E-state index contributed by atoms with van der Waals surface area (Å²) in [5, 5.41) is 4.96. The quantitative estimate of drug-likeness (QED) is 0.463. The second-order valence-electron chi connectivity index (χ2n) is 6.14. The fourth-order valence-corrected chi connectivity index (χ4v) is 3.98. The number of amides is 1. The van der Waals surface area contributed by atoms with E-state index >= 15 is 0 Å². The first-order valence-corrected chi connectivity index (χ1v) is 9.93. The monoisotopic (exact) mass is 428 g/mol. The molecule has 3 aromatic heterocycles. The van der Waals surface area contributed by atoms with E-state index in [1.54, 1.807) is 32.5 Å². The standard InChI is InChI=1S/C20H17ClN4O3S/c1-27-13-5-6-17(28-2)14(9-13)16-10-25-12(11-29-20(25)24-16)8-18(26)23-15-4-3-7-22-19(15)21/h3-7,9-11H,8H2,1-2H3,(H,23,26). The van der Waals surface area contributed by atoms with Crippen molar-refractivity contribution in [2.24, 2.45) is 0 Å². The number of nitrogens with zero attached hydrogens (tertiary/aromatic N) is 3. The van der Waals surface area contributed by atoms with Gasteiger partial charge in [-0.3, -0.25) is 9.20 Å². The molecule has 1 amide bonds. The van der Waals surface area contributed by atoms with Crippen molar-refractivity contribution in [3.05, 3.63) is 59.0 Å². The molecule has 0 bridgehead atoms. The predicted octanol–water partition coefficient (Wildman–Crippen LogP) is 4.31. The highest BCUT2D eigenvalue weighted by atomic mass is 35.5. The number of fused-ring (bicyclic) bond motifs is 1. The SMILES string of the molecule is COc1ccc(OC)c(-c2cn3c(CC(=O)Nc4cccnc4Cl)csc3n2)c1. The number of hydrogen-bond acceptors (Lipinski definition) is 6. The number of carbonyl (C=O) groups excluding carboxylic acids is 1. The van der Waals surface area contributed by atoms with Crippen LogP contribution in [0.5, 0.6) is 11.5 Å². The Bertz CT molecular complexity index is 1190. The van der Waals surface area contributed by atoms with E-state index in [9.17, 15) is 4.79 Å². The number of methoxy groups -OCH3 is 2. The van der Waals surface area contributed by atoms with E-state index in [-0.39, 0.29) is 17.5 Å². The van der Waals surface area contributed by atoms with Crippen LogP contribution in [-0.4, -0.2) is 34.5 Å². The highest BCUT2D eigenvalue weighted by molar-refractivity contribution is 7.15. The zero-order chi connectivity index (χ0) is 20.4. The van der Waals surface area contributed by atoms with Crippen LogP contribution in [0.1, 0.15) is 5.69 Å². The van der Waals surface area contributed by atoms with Crippen molar-refractivity contribution in [2.45, 2.75) is 6.42 Å². The lowest BCUT2D eigenvalue weighted by Gasteiger charge is -2.08. The summed E-state index contributed by atoms with van der Waals surface area (Å²) in [7, 11) is 3.23. The van der Waals surface area contributed by atoms with Crippen LogP contribution in [0.25, 0.3) is 16.2 Å². The summed E-state index contributed by atoms with van der Waals surface area (Å²) in [5.74, 6) is 1.22. The highest BCUT2D eigenvalue weighted by Gasteiger charge is 2.16. The number of hydrogen-bond donors (Lipinski definition) is 1. The van der Waals surface area contributed by atoms with Gasteiger partial charge in [0.2, 0.25) is 5.91 Å². The van der Waals surface area contributed by atoms with Gasteiger partial charge in [0, 0.05) is 29.0 Å². The molecule has 0 fully saturated rings. The Kier molecular flexibility index (Phi) is 5.37. The van der Waals surface area contributed by atoms with Crippen molar-refractivity contribution in [2.75, 3.05) is 19.5 Å². The first kappa shape index (κ1) is 19.2. The van der Waals surface area contributed by atoms with Gasteiger partial charge in [-0.25, -0.2) is 9.97 Å². The molecule has 0 saturated heterocycles. The molecule has 148 valence electrons. The first-order valence-electron chi connectivity index (χ1n) is 8.67. The number of aromatic nitrogens is 3. The normalized spacial score (nSPS) is 10.9. The molecule has 0 aliphatic rings. The highest BCUT2D eigenvalue weighted by Crippen LogP contribution is 2.34. The molecule has 7 nitrogen and oxygen atoms in total. The molecule has 0 aliphatic carbocycles. The van der Waals surface area contributed by atoms with E-state index in [1.165, 1.54) is 11.3 Å². The molecule has 0 radical (unpaired) electrons. The van der Waals surface area contributed by atoms with Crippen LogP contribution >= 0.6 is 22.9 Å². The number of halogens is 1. The van der Waals surface area contributed by atoms with Crippen molar-refractivity contribution >= 4 is 39.5 Å². The number of carbonyl (C=O) groups is 1. The summed E-state index contributed by atoms with van der Waals surface area (Å²) in [6, 6.07) is 8.98. The van der Waals surface area contributed by atoms with Gasteiger partial charge in [-0.15, -0.1) is 11.3 Å². The smallest absolute Gasteiger partial charge is 0.230 e. The van der Waals surface area contributed by atoms with Gasteiger partial charge in [-0.1, -0.05) is 11.6 Å². The molecule has 0 saturated carbocycles. The van der Waals surface area contributed by atoms with E-state index in [0.29, 0.717) is 17.2 Å². The van der Waals surface area contributed by atoms with Gasteiger partial charge in [-0.2, -0.15) is 0 Å². The van der Waals surface area contributed by atoms with Crippen LogP contribution < -0.4 is 14.8 Å². The fraction of sp³-hybridized carbons (Fsp3) is 0.150. The molecule has 0 atom stereocenters. The topological polar surface area (TPSA) is 77.8 Å². The van der Waals surface area contributed by atoms with Crippen molar-refractivity contribution in [3.63, 3.8) is 0 Å². The number of ether oxygens (including phenoxy) is 2. The summed E-state index contributed by atoms with van der Waals surface area (Å²) < 4.78 is 12.7. The van der Waals surface area contributed by atoms with Crippen molar-refractivity contribution in [1.82, 2.24) is 14.4 Å². The maximum Gasteiger partial charge on any atom is 0.230 e. The van der Waals surface area contributed by atoms with Gasteiger partial charge in [0.15, 0.2) is 10.1 Å². The Balaban J connectivity index is 1.61. The van der Waals surface area contributed by atoms with Gasteiger partial charge >= 0.3 is 0 Å². The summed E-state index contributed by atoms with van der Waals surface area (Å²) in [5.41, 5.74) is 2.87. The molecular formula is C20H17ClN4O3S. The Morgan fingerprint density at radius 2 is 2.14 bits per heavy atom. The predicted molar refractivity (Wildman–Crippen MR) is 113 cm³/mol. The molecule has 4 rings (SSSR count). The van der Waals surface area contributed by atoms with Crippen LogP contribution in [0.4, 0.5) is 5.69 Å². The third-order valence-electron chi connectivity index (χ3n) is 4.34.